The molecule has 0 radical (unpaired) electrons. The van der Waals surface area contributed by atoms with Gasteiger partial charge in [0.25, 0.3) is 0 Å². The molecule has 8 heteroatoms. The van der Waals surface area contributed by atoms with Gasteiger partial charge in [0, 0.05) is 0 Å². The zero-order chi connectivity index (χ0) is 23.8. The molecule has 0 atom stereocenters. The third kappa shape index (κ3) is 6.34. The standard InChI is InChI=1S/C26H24N2O5S/c1-18-23(27-26(33-18)24-8-5-15-34-24)17-31-21-11-9-19(10-12-21)16-32-28-22(13-14-25(29)30)20-6-3-2-4-7-20/h2-13,15,28H,14,16-17H2,1H3,(H,29,30). The van der Waals surface area contributed by atoms with E-state index < -0.39 is 5.97 Å². The second kappa shape index (κ2) is 11.3. The first-order valence-electron chi connectivity index (χ1n) is 10.7. The number of aromatic nitrogens is 1. The van der Waals surface area contributed by atoms with Crippen molar-refractivity contribution in [3.05, 3.63) is 101 Å². The molecule has 0 bridgehead atoms. The fourth-order valence-electron chi connectivity index (χ4n) is 3.12. The normalized spacial score (nSPS) is 11.4. The number of nitrogens with zero attached hydrogens (tertiary/aromatic N) is 1. The quantitative estimate of drug-likeness (QED) is 0.263. The molecule has 0 aliphatic rings. The maximum absolute atomic E-state index is 10.9. The smallest absolute Gasteiger partial charge is 0.307 e. The molecule has 0 spiro atoms. The number of carbonyl (C=O) groups is 1. The first kappa shape index (κ1) is 23.3. The van der Waals surface area contributed by atoms with Crippen molar-refractivity contribution in [2.24, 2.45) is 0 Å². The van der Waals surface area contributed by atoms with E-state index in [2.05, 4.69) is 10.5 Å². The lowest BCUT2D eigenvalue weighted by Gasteiger charge is -2.12. The van der Waals surface area contributed by atoms with Crippen LogP contribution in [0.25, 0.3) is 16.5 Å². The number of carboxylic acids is 1. The van der Waals surface area contributed by atoms with Crippen molar-refractivity contribution in [3.8, 4) is 16.5 Å². The van der Waals surface area contributed by atoms with Crippen molar-refractivity contribution in [3.63, 3.8) is 0 Å². The number of hydrogen-bond acceptors (Lipinski definition) is 7. The Balaban J connectivity index is 1.30. The molecular weight excluding hydrogens is 452 g/mol. The van der Waals surface area contributed by atoms with E-state index in [1.807, 2.05) is 79.0 Å². The van der Waals surface area contributed by atoms with Crippen LogP contribution in [0.1, 0.15) is 29.0 Å². The number of aliphatic carboxylic acids is 1. The summed E-state index contributed by atoms with van der Waals surface area (Å²) in [4.78, 5) is 22.1. The molecule has 2 heterocycles. The van der Waals surface area contributed by atoms with Crippen molar-refractivity contribution in [2.75, 3.05) is 0 Å². The number of rotatable bonds is 11. The number of oxazole rings is 1. The lowest BCUT2D eigenvalue weighted by atomic mass is 10.1. The van der Waals surface area contributed by atoms with E-state index in [1.165, 1.54) is 0 Å². The molecule has 34 heavy (non-hydrogen) atoms. The zero-order valence-electron chi connectivity index (χ0n) is 18.6. The summed E-state index contributed by atoms with van der Waals surface area (Å²) in [5.74, 6) is 1.15. The van der Waals surface area contributed by atoms with E-state index >= 15 is 0 Å². The third-order valence-electron chi connectivity index (χ3n) is 4.91. The monoisotopic (exact) mass is 476 g/mol. The predicted molar refractivity (Wildman–Crippen MR) is 130 cm³/mol. The minimum atomic E-state index is -0.908. The van der Waals surface area contributed by atoms with Gasteiger partial charge >= 0.3 is 5.97 Å². The highest BCUT2D eigenvalue weighted by Gasteiger charge is 2.12. The fourth-order valence-corrected chi connectivity index (χ4v) is 3.77. The minimum absolute atomic E-state index is 0.105. The van der Waals surface area contributed by atoms with Gasteiger partial charge in [-0.2, -0.15) is 0 Å². The van der Waals surface area contributed by atoms with Gasteiger partial charge in [-0.15, -0.1) is 11.3 Å². The average molecular weight is 477 g/mol. The van der Waals surface area contributed by atoms with Crippen LogP contribution in [-0.2, 0) is 22.8 Å². The summed E-state index contributed by atoms with van der Waals surface area (Å²) in [5, 5.41) is 11.0. The first-order chi connectivity index (χ1) is 16.6. The van der Waals surface area contributed by atoms with Gasteiger partial charge in [-0.3, -0.25) is 15.1 Å². The molecule has 4 rings (SSSR count). The number of benzene rings is 2. The van der Waals surface area contributed by atoms with Crippen LogP contribution in [0.3, 0.4) is 0 Å². The van der Waals surface area contributed by atoms with Crippen LogP contribution in [-0.4, -0.2) is 16.1 Å². The lowest BCUT2D eigenvalue weighted by Crippen LogP contribution is -2.13. The van der Waals surface area contributed by atoms with Gasteiger partial charge in [0.2, 0.25) is 5.89 Å². The average Bonchev–Trinajstić information content (AvgIpc) is 3.51. The third-order valence-corrected chi connectivity index (χ3v) is 5.77. The van der Waals surface area contributed by atoms with Crippen molar-refractivity contribution in [1.29, 1.82) is 0 Å². The van der Waals surface area contributed by atoms with E-state index in [9.17, 15) is 4.79 Å². The Labute approximate surface area is 201 Å². The molecule has 2 N–H and O–H groups in total. The minimum Gasteiger partial charge on any atom is -0.487 e. The number of nitrogens with one attached hydrogen (secondary N) is 1. The molecular formula is C26H24N2O5S. The molecule has 2 aromatic heterocycles. The van der Waals surface area contributed by atoms with Gasteiger partial charge in [-0.05, 0) is 47.7 Å². The van der Waals surface area contributed by atoms with E-state index in [4.69, 9.17) is 19.1 Å². The Morgan fingerprint density at radius 3 is 2.59 bits per heavy atom. The summed E-state index contributed by atoms with van der Waals surface area (Å²) in [6.45, 7) is 2.49. The molecule has 0 aliphatic carbocycles. The Kier molecular flexibility index (Phi) is 7.75. The maximum Gasteiger partial charge on any atom is 0.307 e. The van der Waals surface area contributed by atoms with Gasteiger partial charge in [0.1, 0.15) is 23.8 Å². The molecule has 0 saturated heterocycles. The molecule has 0 fully saturated rings. The van der Waals surface area contributed by atoms with Crippen molar-refractivity contribution >= 4 is 23.0 Å². The van der Waals surface area contributed by atoms with Gasteiger partial charge in [-0.25, -0.2) is 4.98 Å². The number of aryl methyl sites for hydroxylation is 1. The predicted octanol–water partition coefficient (Wildman–Crippen LogP) is 5.83. The molecule has 0 saturated carbocycles. The molecule has 4 aromatic rings. The van der Waals surface area contributed by atoms with Crippen LogP contribution in [0.4, 0.5) is 0 Å². The number of hydroxylamine groups is 1. The van der Waals surface area contributed by atoms with Crippen LogP contribution in [0.2, 0.25) is 0 Å². The Hall–Kier alpha value is -3.88. The topological polar surface area (TPSA) is 93.8 Å². The van der Waals surface area contributed by atoms with E-state index in [0.29, 0.717) is 30.6 Å². The van der Waals surface area contributed by atoms with Gasteiger partial charge < -0.3 is 14.3 Å². The van der Waals surface area contributed by atoms with E-state index in [1.54, 1.807) is 17.4 Å². The van der Waals surface area contributed by atoms with Crippen LogP contribution < -0.4 is 10.2 Å². The molecule has 0 aliphatic heterocycles. The van der Waals surface area contributed by atoms with Crippen molar-refractivity contribution < 1.29 is 23.9 Å². The Morgan fingerprint density at radius 2 is 1.88 bits per heavy atom. The summed E-state index contributed by atoms with van der Waals surface area (Å²) in [6, 6.07) is 20.9. The highest BCUT2D eigenvalue weighted by Crippen LogP contribution is 2.26. The number of thiophene rings is 1. The second-order valence-electron chi connectivity index (χ2n) is 7.40. The van der Waals surface area contributed by atoms with Gasteiger partial charge in [0.15, 0.2) is 0 Å². The SMILES string of the molecule is Cc1oc(-c2cccs2)nc1COc1ccc(CONC(=CCC(=O)O)c2ccccc2)cc1. The highest BCUT2D eigenvalue weighted by molar-refractivity contribution is 7.13. The molecule has 2 aromatic carbocycles. The number of ether oxygens (including phenoxy) is 1. The summed E-state index contributed by atoms with van der Waals surface area (Å²) in [6.07, 6.45) is 1.48. The van der Waals surface area contributed by atoms with Crippen LogP contribution in [0.5, 0.6) is 5.75 Å². The first-order valence-corrected chi connectivity index (χ1v) is 11.5. The summed E-state index contributed by atoms with van der Waals surface area (Å²) < 4.78 is 11.6. The Bertz CT molecular complexity index is 1230. The largest absolute Gasteiger partial charge is 0.487 e. The highest BCUT2D eigenvalue weighted by atomic mass is 32.1. The zero-order valence-corrected chi connectivity index (χ0v) is 19.4. The van der Waals surface area contributed by atoms with Crippen LogP contribution in [0, 0.1) is 6.92 Å². The molecule has 7 nitrogen and oxygen atoms in total. The molecule has 0 unspecified atom stereocenters. The van der Waals surface area contributed by atoms with Crippen molar-refractivity contribution in [2.45, 2.75) is 26.6 Å². The van der Waals surface area contributed by atoms with Gasteiger partial charge in [-0.1, -0.05) is 48.5 Å². The van der Waals surface area contributed by atoms with E-state index in [-0.39, 0.29) is 6.42 Å². The van der Waals surface area contributed by atoms with Crippen LogP contribution >= 0.6 is 11.3 Å². The van der Waals surface area contributed by atoms with Gasteiger partial charge in [0.05, 0.1) is 23.6 Å². The Morgan fingerprint density at radius 1 is 1.09 bits per heavy atom. The number of hydrogen-bond donors (Lipinski definition) is 2. The number of carboxylic acid groups (broad SMARTS) is 1. The summed E-state index contributed by atoms with van der Waals surface area (Å²) >= 11 is 1.58. The molecule has 174 valence electrons. The van der Waals surface area contributed by atoms with Crippen LogP contribution in [0.15, 0.2) is 82.6 Å². The van der Waals surface area contributed by atoms with E-state index in [0.717, 1.165) is 27.5 Å². The van der Waals surface area contributed by atoms with Crippen molar-refractivity contribution in [1.82, 2.24) is 10.5 Å². The fraction of sp³-hybridized carbons (Fsp3) is 0.154. The molecule has 0 amide bonds. The summed E-state index contributed by atoms with van der Waals surface area (Å²) in [7, 11) is 0. The maximum atomic E-state index is 10.9. The summed E-state index contributed by atoms with van der Waals surface area (Å²) in [5.41, 5.74) is 6.02. The lowest BCUT2D eigenvalue weighted by molar-refractivity contribution is -0.136. The second-order valence-corrected chi connectivity index (χ2v) is 8.35.